The fraction of sp³-hybridized carbons (Fsp3) is 0.190. The molecule has 0 aliphatic rings. The van der Waals surface area contributed by atoms with E-state index in [1.807, 2.05) is 61.5 Å². The molecule has 2 aromatic carbocycles. The molecule has 1 atom stereocenters. The fourth-order valence-corrected chi connectivity index (χ4v) is 2.53. The highest BCUT2D eigenvalue weighted by molar-refractivity contribution is 6.31. The Balaban J connectivity index is 0.000000423. The number of carbonyl (C=O) groups is 1. The maximum atomic E-state index is 10.6. The van der Waals surface area contributed by atoms with Gasteiger partial charge in [0.2, 0.25) is 0 Å². The van der Waals surface area contributed by atoms with Crippen LogP contribution in [0.4, 0.5) is 19.0 Å². The molecule has 0 radical (unpaired) electrons. The van der Waals surface area contributed by atoms with Crippen LogP contribution in [0, 0.1) is 6.92 Å². The molecule has 0 aliphatic heterocycles. The standard InChI is InChI=1S/C19H18ClN3O.C2HF3O2/c1-13-9-15(7-8-16(13)20)17-10-19(23-12-22-17)21-11-18(24)14-5-3-2-4-6-14;3-2(4,5)1(6)7/h2-10,12,18,24H,11H2,1H3,(H,21,22,23);(H,6,7)/t18-;/m0./s1. The third kappa shape index (κ3) is 7.54. The molecule has 31 heavy (non-hydrogen) atoms. The summed E-state index contributed by atoms with van der Waals surface area (Å²) >= 11 is 6.07. The Labute approximate surface area is 181 Å². The molecule has 0 spiro atoms. The van der Waals surface area contributed by atoms with Gasteiger partial charge in [-0.15, -0.1) is 0 Å². The molecule has 3 N–H and O–H groups in total. The predicted octanol–water partition coefficient (Wildman–Crippen LogP) is 4.88. The van der Waals surface area contributed by atoms with E-state index in [0.29, 0.717) is 12.4 Å². The van der Waals surface area contributed by atoms with Gasteiger partial charge in [-0.2, -0.15) is 13.2 Å². The van der Waals surface area contributed by atoms with Gasteiger partial charge >= 0.3 is 12.1 Å². The summed E-state index contributed by atoms with van der Waals surface area (Å²) in [7, 11) is 0. The zero-order valence-corrected chi connectivity index (χ0v) is 17.0. The van der Waals surface area contributed by atoms with Crippen LogP contribution in [0.15, 0.2) is 60.9 Å². The van der Waals surface area contributed by atoms with Crippen molar-refractivity contribution in [1.29, 1.82) is 0 Å². The molecule has 1 aromatic heterocycles. The van der Waals surface area contributed by atoms with Crippen molar-refractivity contribution in [1.82, 2.24) is 9.97 Å². The number of nitrogens with zero attached hydrogens (tertiary/aromatic N) is 2. The van der Waals surface area contributed by atoms with Gasteiger partial charge in [-0.3, -0.25) is 0 Å². The Hall–Kier alpha value is -3.17. The molecule has 0 unspecified atom stereocenters. The normalized spacial score (nSPS) is 11.8. The summed E-state index contributed by atoms with van der Waals surface area (Å²) in [4.78, 5) is 17.4. The van der Waals surface area contributed by atoms with Crippen LogP contribution in [-0.2, 0) is 4.79 Å². The zero-order chi connectivity index (χ0) is 23.0. The molecule has 0 amide bonds. The lowest BCUT2D eigenvalue weighted by molar-refractivity contribution is -0.192. The smallest absolute Gasteiger partial charge is 0.475 e. The van der Waals surface area contributed by atoms with Crippen molar-refractivity contribution in [3.05, 3.63) is 77.1 Å². The van der Waals surface area contributed by atoms with Crippen molar-refractivity contribution in [2.75, 3.05) is 11.9 Å². The van der Waals surface area contributed by atoms with Crippen LogP contribution in [0.25, 0.3) is 11.3 Å². The van der Waals surface area contributed by atoms with E-state index in [1.54, 1.807) is 0 Å². The largest absolute Gasteiger partial charge is 0.490 e. The minimum Gasteiger partial charge on any atom is -0.475 e. The molecule has 0 saturated heterocycles. The molecule has 3 aromatic rings. The van der Waals surface area contributed by atoms with Crippen LogP contribution < -0.4 is 5.32 Å². The minimum absolute atomic E-state index is 0.375. The van der Waals surface area contributed by atoms with Crippen molar-refractivity contribution in [3.8, 4) is 11.3 Å². The highest BCUT2D eigenvalue weighted by Gasteiger charge is 2.38. The van der Waals surface area contributed by atoms with Gasteiger partial charge in [0.15, 0.2) is 0 Å². The molecular formula is C21H19ClF3N3O3. The summed E-state index contributed by atoms with van der Waals surface area (Å²) in [5.74, 6) is -2.09. The molecule has 3 rings (SSSR count). The second-order valence-electron chi connectivity index (χ2n) is 6.36. The lowest BCUT2D eigenvalue weighted by Gasteiger charge is -2.13. The number of anilines is 1. The van der Waals surface area contributed by atoms with E-state index in [-0.39, 0.29) is 0 Å². The van der Waals surface area contributed by atoms with E-state index in [9.17, 15) is 18.3 Å². The molecule has 164 valence electrons. The third-order valence-electron chi connectivity index (χ3n) is 4.02. The second-order valence-corrected chi connectivity index (χ2v) is 6.77. The van der Waals surface area contributed by atoms with E-state index in [2.05, 4.69) is 15.3 Å². The number of benzene rings is 2. The van der Waals surface area contributed by atoms with Crippen LogP contribution in [0.5, 0.6) is 0 Å². The number of hydrogen-bond acceptors (Lipinski definition) is 5. The van der Waals surface area contributed by atoms with Gasteiger partial charge in [0.05, 0.1) is 11.8 Å². The first kappa shape index (κ1) is 24.1. The molecule has 0 bridgehead atoms. The number of nitrogens with one attached hydrogen (secondary N) is 1. The van der Waals surface area contributed by atoms with Crippen LogP contribution in [-0.4, -0.2) is 38.9 Å². The monoisotopic (exact) mass is 453 g/mol. The number of hydrogen-bond donors (Lipinski definition) is 3. The molecule has 0 aliphatic carbocycles. The number of aryl methyl sites for hydroxylation is 1. The van der Waals surface area contributed by atoms with Crippen molar-refractivity contribution in [2.24, 2.45) is 0 Å². The first-order valence-corrected chi connectivity index (χ1v) is 9.31. The summed E-state index contributed by atoms with van der Waals surface area (Å²) < 4.78 is 31.7. The Morgan fingerprint density at radius 1 is 1.13 bits per heavy atom. The highest BCUT2D eigenvalue weighted by atomic mass is 35.5. The second kappa shape index (κ2) is 10.7. The van der Waals surface area contributed by atoms with Crippen LogP contribution in [0.3, 0.4) is 0 Å². The number of carboxylic acids is 1. The SMILES string of the molecule is Cc1cc(-c2cc(NC[C@H](O)c3ccccc3)ncn2)ccc1Cl.O=C(O)C(F)(F)F. The van der Waals surface area contributed by atoms with Gasteiger partial charge in [0.1, 0.15) is 12.1 Å². The van der Waals surface area contributed by atoms with Crippen molar-refractivity contribution >= 4 is 23.4 Å². The number of halogens is 4. The van der Waals surface area contributed by atoms with E-state index in [0.717, 1.165) is 27.4 Å². The van der Waals surface area contributed by atoms with Crippen LogP contribution in [0.1, 0.15) is 17.2 Å². The van der Waals surface area contributed by atoms with Gasteiger partial charge in [-0.1, -0.05) is 48.0 Å². The fourth-order valence-electron chi connectivity index (χ4n) is 2.41. The molecule has 6 nitrogen and oxygen atoms in total. The number of aliphatic hydroxyl groups excluding tert-OH is 1. The Bertz CT molecular complexity index is 1020. The average Bonchev–Trinajstić information content (AvgIpc) is 2.74. The summed E-state index contributed by atoms with van der Waals surface area (Å²) in [6.07, 6.45) is -4.17. The van der Waals surface area contributed by atoms with E-state index in [4.69, 9.17) is 21.5 Å². The van der Waals surface area contributed by atoms with Crippen molar-refractivity contribution < 1.29 is 28.2 Å². The number of aromatic nitrogens is 2. The summed E-state index contributed by atoms with van der Waals surface area (Å²) in [6, 6.07) is 17.2. The molecule has 0 fully saturated rings. The predicted molar refractivity (Wildman–Crippen MR) is 111 cm³/mol. The van der Waals surface area contributed by atoms with Gasteiger partial charge in [-0.05, 0) is 30.2 Å². The van der Waals surface area contributed by atoms with Gasteiger partial charge in [0.25, 0.3) is 0 Å². The highest BCUT2D eigenvalue weighted by Crippen LogP contribution is 2.24. The maximum Gasteiger partial charge on any atom is 0.490 e. The number of carboxylic acid groups (broad SMARTS) is 1. The van der Waals surface area contributed by atoms with Gasteiger partial charge in [0, 0.05) is 23.2 Å². The lowest BCUT2D eigenvalue weighted by atomic mass is 10.1. The number of rotatable bonds is 5. The van der Waals surface area contributed by atoms with Crippen LogP contribution >= 0.6 is 11.6 Å². The van der Waals surface area contributed by atoms with Gasteiger partial charge < -0.3 is 15.5 Å². The van der Waals surface area contributed by atoms with E-state index >= 15 is 0 Å². The molecule has 1 heterocycles. The van der Waals surface area contributed by atoms with Crippen molar-refractivity contribution in [2.45, 2.75) is 19.2 Å². The maximum absolute atomic E-state index is 10.6. The first-order chi connectivity index (χ1) is 14.6. The first-order valence-electron chi connectivity index (χ1n) is 8.93. The van der Waals surface area contributed by atoms with Crippen molar-refractivity contribution in [3.63, 3.8) is 0 Å². The zero-order valence-electron chi connectivity index (χ0n) is 16.3. The summed E-state index contributed by atoms with van der Waals surface area (Å²) in [6.45, 7) is 2.34. The Kier molecular flexibility index (Phi) is 8.35. The van der Waals surface area contributed by atoms with E-state index in [1.165, 1.54) is 6.33 Å². The molecule has 0 saturated carbocycles. The Morgan fingerprint density at radius 2 is 1.77 bits per heavy atom. The van der Waals surface area contributed by atoms with E-state index < -0.39 is 18.2 Å². The number of alkyl halides is 3. The molecule has 10 heteroatoms. The number of aliphatic carboxylic acids is 1. The quantitative estimate of drug-likeness (QED) is 0.509. The molecular weight excluding hydrogens is 435 g/mol. The lowest BCUT2D eigenvalue weighted by Crippen LogP contribution is -2.21. The van der Waals surface area contributed by atoms with Gasteiger partial charge in [-0.25, -0.2) is 14.8 Å². The minimum atomic E-state index is -5.08. The number of aliphatic hydroxyl groups is 1. The summed E-state index contributed by atoms with van der Waals surface area (Å²) in [5.41, 5.74) is 3.65. The third-order valence-corrected chi connectivity index (χ3v) is 4.45. The summed E-state index contributed by atoms with van der Waals surface area (Å²) in [5, 5.41) is 21.2. The topological polar surface area (TPSA) is 95.3 Å². The Morgan fingerprint density at radius 3 is 2.35 bits per heavy atom. The van der Waals surface area contributed by atoms with Crippen LogP contribution in [0.2, 0.25) is 5.02 Å². The average molecular weight is 454 g/mol.